The van der Waals surface area contributed by atoms with E-state index in [-0.39, 0.29) is 12.4 Å². The summed E-state index contributed by atoms with van der Waals surface area (Å²) in [6.07, 6.45) is 1.67. The molecule has 1 aliphatic rings. The first-order valence-electron chi connectivity index (χ1n) is 5.71. The molecule has 0 atom stereocenters. The monoisotopic (exact) mass is 270 g/mol. The van der Waals surface area contributed by atoms with Gasteiger partial charge in [0.05, 0.1) is 5.75 Å². The number of nitrogens with zero attached hydrogens (tertiary/aromatic N) is 1. The second-order valence-electron chi connectivity index (χ2n) is 4.50. The highest BCUT2D eigenvalue weighted by molar-refractivity contribution is 7.89. The fraction of sp³-hybridized carbons (Fsp3) is 1.00. The molecule has 1 fully saturated rings. The number of sulfonamides is 1. The molecule has 1 saturated heterocycles. The van der Waals surface area contributed by atoms with Gasteiger partial charge in [-0.25, -0.2) is 12.7 Å². The van der Waals surface area contributed by atoms with Gasteiger partial charge in [0.1, 0.15) is 0 Å². The lowest BCUT2D eigenvalue weighted by molar-refractivity contribution is 0.428. The number of halogens is 1. The Morgan fingerprint density at radius 2 is 1.94 bits per heavy atom. The van der Waals surface area contributed by atoms with Crippen molar-refractivity contribution in [3.8, 4) is 0 Å². The topological polar surface area (TPSA) is 49.4 Å². The zero-order valence-corrected chi connectivity index (χ0v) is 11.7. The SMILES string of the molecule is CC(C)CCS(=O)(=O)N1CCCNCC1.Cl. The van der Waals surface area contributed by atoms with Crippen LogP contribution < -0.4 is 5.32 Å². The summed E-state index contributed by atoms with van der Waals surface area (Å²) >= 11 is 0. The molecule has 6 heteroatoms. The van der Waals surface area contributed by atoms with Gasteiger partial charge in [0.25, 0.3) is 0 Å². The van der Waals surface area contributed by atoms with Crippen LogP contribution >= 0.6 is 12.4 Å². The molecule has 0 unspecified atom stereocenters. The summed E-state index contributed by atoms with van der Waals surface area (Å²) in [7, 11) is -3.01. The van der Waals surface area contributed by atoms with Gasteiger partial charge >= 0.3 is 0 Å². The number of hydrogen-bond acceptors (Lipinski definition) is 3. The molecule has 0 aromatic carbocycles. The quantitative estimate of drug-likeness (QED) is 0.832. The molecule has 1 aliphatic heterocycles. The minimum Gasteiger partial charge on any atom is -0.315 e. The second kappa shape index (κ2) is 7.48. The Kier molecular flexibility index (Phi) is 7.55. The zero-order chi connectivity index (χ0) is 11.3. The van der Waals surface area contributed by atoms with Crippen molar-refractivity contribution in [2.24, 2.45) is 5.92 Å². The van der Waals surface area contributed by atoms with Crippen molar-refractivity contribution >= 4 is 22.4 Å². The maximum absolute atomic E-state index is 11.9. The minimum atomic E-state index is -3.01. The average Bonchev–Trinajstić information content (AvgIpc) is 2.43. The van der Waals surface area contributed by atoms with Crippen LogP contribution in [-0.2, 0) is 10.0 Å². The Morgan fingerprint density at radius 1 is 1.25 bits per heavy atom. The Morgan fingerprint density at radius 3 is 2.56 bits per heavy atom. The molecule has 98 valence electrons. The first-order valence-corrected chi connectivity index (χ1v) is 7.32. The minimum absolute atomic E-state index is 0. The third kappa shape index (κ3) is 5.48. The lowest BCUT2D eigenvalue weighted by Gasteiger charge is -2.20. The van der Waals surface area contributed by atoms with Crippen molar-refractivity contribution in [3.05, 3.63) is 0 Å². The van der Waals surface area contributed by atoms with Crippen molar-refractivity contribution in [2.75, 3.05) is 31.9 Å². The van der Waals surface area contributed by atoms with Crippen molar-refractivity contribution in [3.63, 3.8) is 0 Å². The first kappa shape index (κ1) is 16.2. The highest BCUT2D eigenvalue weighted by atomic mass is 35.5. The maximum Gasteiger partial charge on any atom is 0.214 e. The molecule has 1 heterocycles. The van der Waals surface area contributed by atoms with Gasteiger partial charge in [-0.05, 0) is 25.3 Å². The first-order chi connectivity index (χ1) is 7.02. The molecule has 0 aromatic rings. The third-order valence-electron chi connectivity index (χ3n) is 2.65. The molecular formula is C10H23ClN2O2S. The van der Waals surface area contributed by atoms with Gasteiger partial charge in [0.2, 0.25) is 10.0 Å². The maximum atomic E-state index is 11.9. The predicted octanol–water partition coefficient (Wildman–Crippen LogP) is 1.08. The van der Waals surface area contributed by atoms with Crippen LogP contribution in [-0.4, -0.2) is 44.7 Å². The van der Waals surface area contributed by atoms with E-state index >= 15 is 0 Å². The molecule has 0 spiro atoms. The molecule has 0 aliphatic carbocycles. The van der Waals surface area contributed by atoms with Crippen LogP contribution in [0.3, 0.4) is 0 Å². The fourth-order valence-corrected chi connectivity index (χ4v) is 3.42. The van der Waals surface area contributed by atoms with E-state index in [9.17, 15) is 8.42 Å². The summed E-state index contributed by atoms with van der Waals surface area (Å²) in [5.74, 6) is 0.745. The van der Waals surface area contributed by atoms with E-state index in [0.29, 0.717) is 24.8 Å². The molecule has 0 bridgehead atoms. The standard InChI is InChI=1S/C10H22N2O2S.ClH/c1-10(2)4-9-15(13,14)12-7-3-5-11-6-8-12;/h10-11H,3-9H2,1-2H3;1H. The van der Waals surface area contributed by atoms with Gasteiger partial charge in [-0.2, -0.15) is 0 Å². The summed E-state index contributed by atoms with van der Waals surface area (Å²) in [5, 5.41) is 3.21. The lowest BCUT2D eigenvalue weighted by atomic mass is 10.2. The normalized spacial score (nSPS) is 19.2. The average molecular weight is 271 g/mol. The van der Waals surface area contributed by atoms with Crippen LogP contribution in [0.15, 0.2) is 0 Å². The summed E-state index contributed by atoms with van der Waals surface area (Å²) in [6, 6.07) is 0. The van der Waals surface area contributed by atoms with E-state index < -0.39 is 10.0 Å². The molecular weight excluding hydrogens is 248 g/mol. The lowest BCUT2D eigenvalue weighted by Crippen LogP contribution is -2.36. The number of nitrogens with one attached hydrogen (secondary N) is 1. The van der Waals surface area contributed by atoms with E-state index in [0.717, 1.165) is 25.9 Å². The Labute approximate surface area is 105 Å². The van der Waals surface area contributed by atoms with Crippen LogP contribution in [0.2, 0.25) is 0 Å². The summed E-state index contributed by atoms with van der Waals surface area (Å²) < 4.78 is 25.5. The summed E-state index contributed by atoms with van der Waals surface area (Å²) in [4.78, 5) is 0. The van der Waals surface area contributed by atoms with Crippen molar-refractivity contribution in [2.45, 2.75) is 26.7 Å². The van der Waals surface area contributed by atoms with Crippen LogP contribution in [0.4, 0.5) is 0 Å². The Hall–Kier alpha value is 0.160. The molecule has 0 amide bonds. The van der Waals surface area contributed by atoms with Gasteiger partial charge < -0.3 is 5.32 Å². The molecule has 4 nitrogen and oxygen atoms in total. The van der Waals surface area contributed by atoms with Crippen LogP contribution in [0.5, 0.6) is 0 Å². The summed E-state index contributed by atoms with van der Waals surface area (Å²) in [6.45, 7) is 7.12. The fourth-order valence-electron chi connectivity index (χ4n) is 1.61. The summed E-state index contributed by atoms with van der Waals surface area (Å²) in [5.41, 5.74) is 0. The van der Waals surface area contributed by atoms with Crippen LogP contribution in [0.25, 0.3) is 0 Å². The van der Waals surface area contributed by atoms with Crippen LogP contribution in [0.1, 0.15) is 26.7 Å². The van der Waals surface area contributed by atoms with E-state index in [4.69, 9.17) is 0 Å². The van der Waals surface area contributed by atoms with E-state index in [2.05, 4.69) is 19.2 Å². The molecule has 0 saturated carbocycles. The molecule has 1 N–H and O–H groups in total. The molecule has 0 radical (unpaired) electrons. The van der Waals surface area contributed by atoms with Crippen LogP contribution in [0, 0.1) is 5.92 Å². The zero-order valence-electron chi connectivity index (χ0n) is 10.1. The van der Waals surface area contributed by atoms with Crippen molar-refractivity contribution in [1.82, 2.24) is 9.62 Å². The third-order valence-corrected chi connectivity index (χ3v) is 4.55. The largest absolute Gasteiger partial charge is 0.315 e. The van der Waals surface area contributed by atoms with Gasteiger partial charge in [-0.3, -0.25) is 0 Å². The predicted molar refractivity (Wildman–Crippen MR) is 69.5 cm³/mol. The van der Waals surface area contributed by atoms with Gasteiger partial charge in [-0.1, -0.05) is 13.8 Å². The second-order valence-corrected chi connectivity index (χ2v) is 6.59. The van der Waals surface area contributed by atoms with Crippen molar-refractivity contribution in [1.29, 1.82) is 0 Å². The molecule has 16 heavy (non-hydrogen) atoms. The Bertz CT molecular complexity index is 273. The molecule has 0 aromatic heterocycles. The highest BCUT2D eigenvalue weighted by Crippen LogP contribution is 2.09. The smallest absolute Gasteiger partial charge is 0.214 e. The Balaban J connectivity index is 0.00000225. The number of rotatable bonds is 4. The van der Waals surface area contributed by atoms with E-state index in [1.165, 1.54) is 0 Å². The highest BCUT2D eigenvalue weighted by Gasteiger charge is 2.22. The number of hydrogen-bond donors (Lipinski definition) is 1. The van der Waals surface area contributed by atoms with Gasteiger partial charge in [0.15, 0.2) is 0 Å². The van der Waals surface area contributed by atoms with E-state index in [1.807, 2.05) is 0 Å². The molecule has 1 rings (SSSR count). The van der Waals surface area contributed by atoms with Gasteiger partial charge in [0, 0.05) is 19.6 Å². The van der Waals surface area contributed by atoms with Gasteiger partial charge in [-0.15, -0.1) is 12.4 Å². The van der Waals surface area contributed by atoms with Crippen molar-refractivity contribution < 1.29 is 8.42 Å². The van der Waals surface area contributed by atoms with E-state index in [1.54, 1.807) is 4.31 Å².